The molecule has 0 aliphatic heterocycles. The highest BCUT2D eigenvalue weighted by atomic mass is 19.1. The molecule has 2 rings (SSSR count). The first-order valence-corrected chi connectivity index (χ1v) is 9.41. The first-order chi connectivity index (χ1) is 14.4. The second-order valence-electron chi connectivity index (χ2n) is 6.79. The first kappa shape index (κ1) is 23.3. The number of carbonyl (C=O) groups excluding carboxylic acids is 1. The molecule has 0 heterocycles. The van der Waals surface area contributed by atoms with E-state index in [2.05, 4.69) is 6.08 Å². The molecule has 160 valence electrons. The topological polar surface area (TPSA) is 54.0 Å². The molecule has 0 saturated carbocycles. The minimum Gasteiger partial charge on any atom is -0.496 e. The summed E-state index contributed by atoms with van der Waals surface area (Å²) in [6.45, 7) is 3.12. The van der Waals surface area contributed by atoms with Gasteiger partial charge in [0.1, 0.15) is 17.3 Å². The molecule has 0 atom stereocenters. The molecule has 0 spiro atoms. The quantitative estimate of drug-likeness (QED) is 0.179. The fourth-order valence-electron chi connectivity index (χ4n) is 2.79. The Kier molecular flexibility index (Phi) is 8.77. The fourth-order valence-corrected chi connectivity index (χ4v) is 2.79. The third-order valence-electron chi connectivity index (χ3n) is 4.35. The second-order valence-corrected chi connectivity index (χ2v) is 6.79. The van der Waals surface area contributed by atoms with Gasteiger partial charge < -0.3 is 18.9 Å². The van der Waals surface area contributed by atoms with Crippen LogP contribution in [0.4, 0.5) is 4.39 Å². The highest BCUT2D eigenvalue weighted by molar-refractivity contribution is 6.14. The van der Waals surface area contributed by atoms with Crippen LogP contribution in [0.2, 0.25) is 0 Å². The number of hydrogen-bond acceptors (Lipinski definition) is 5. The van der Waals surface area contributed by atoms with Gasteiger partial charge in [0.15, 0.2) is 6.29 Å². The lowest BCUT2D eigenvalue weighted by Crippen LogP contribution is -2.21. The summed E-state index contributed by atoms with van der Waals surface area (Å²) < 4.78 is 34.8. The molecule has 0 aliphatic rings. The second kappa shape index (κ2) is 11.3. The van der Waals surface area contributed by atoms with E-state index in [0.717, 1.165) is 17.4 Å². The number of hydrogen-bond donors (Lipinski definition) is 0. The molecular formula is C24H27FO5. The maximum absolute atomic E-state index is 13.2. The molecule has 6 heteroatoms. The van der Waals surface area contributed by atoms with Gasteiger partial charge in [-0.25, -0.2) is 4.39 Å². The fraction of sp³-hybridized carbons (Fsp3) is 0.292. The van der Waals surface area contributed by atoms with Crippen LogP contribution in [0.1, 0.15) is 30.5 Å². The molecular weight excluding hydrogens is 387 g/mol. The average Bonchev–Trinajstić information content (AvgIpc) is 2.75. The number of methoxy groups -OCH3 is 3. The van der Waals surface area contributed by atoms with E-state index in [1.807, 2.05) is 19.9 Å². The normalized spacial score (nSPS) is 11.4. The van der Waals surface area contributed by atoms with Crippen molar-refractivity contribution < 1.29 is 28.1 Å². The molecule has 0 saturated heterocycles. The van der Waals surface area contributed by atoms with Crippen molar-refractivity contribution in [3.8, 4) is 11.5 Å². The Morgan fingerprint density at radius 1 is 1.03 bits per heavy atom. The third-order valence-corrected chi connectivity index (χ3v) is 4.35. The Morgan fingerprint density at radius 3 is 2.23 bits per heavy atom. The van der Waals surface area contributed by atoms with Gasteiger partial charge in [-0.05, 0) is 55.7 Å². The lowest BCUT2D eigenvalue weighted by molar-refractivity contribution is -0.219. The van der Waals surface area contributed by atoms with Gasteiger partial charge in [-0.15, -0.1) is 0 Å². The summed E-state index contributed by atoms with van der Waals surface area (Å²) in [5.74, 6) is 0.639. The number of halogens is 1. The number of allylic oxidation sites excluding steroid dienone is 3. The van der Waals surface area contributed by atoms with Crippen molar-refractivity contribution in [1.82, 2.24) is 0 Å². The zero-order valence-electron chi connectivity index (χ0n) is 17.9. The van der Waals surface area contributed by atoms with Crippen LogP contribution in [0.25, 0.3) is 11.6 Å². The van der Waals surface area contributed by atoms with Crippen LogP contribution in [0.3, 0.4) is 0 Å². The van der Waals surface area contributed by atoms with Gasteiger partial charge in [0.2, 0.25) is 0 Å². The van der Waals surface area contributed by atoms with Crippen LogP contribution in [0.15, 0.2) is 48.0 Å². The molecule has 0 N–H and O–H groups in total. The van der Waals surface area contributed by atoms with Gasteiger partial charge in [-0.2, -0.15) is 0 Å². The molecule has 0 fully saturated rings. The van der Waals surface area contributed by atoms with Crippen LogP contribution in [0, 0.1) is 5.82 Å². The highest BCUT2D eigenvalue weighted by Crippen LogP contribution is 2.35. The molecule has 0 bridgehead atoms. The first-order valence-electron chi connectivity index (χ1n) is 9.41. The van der Waals surface area contributed by atoms with Crippen molar-refractivity contribution in [2.45, 2.75) is 26.7 Å². The van der Waals surface area contributed by atoms with Crippen LogP contribution in [-0.2, 0) is 20.7 Å². The number of benzene rings is 2. The van der Waals surface area contributed by atoms with Gasteiger partial charge in [-0.1, -0.05) is 23.8 Å². The Labute approximate surface area is 176 Å². The summed E-state index contributed by atoms with van der Waals surface area (Å²) in [6, 6.07) is 9.45. The zero-order valence-corrected chi connectivity index (χ0v) is 17.9. The van der Waals surface area contributed by atoms with Crippen molar-refractivity contribution in [2.24, 2.45) is 0 Å². The molecule has 5 nitrogen and oxygen atoms in total. The minimum absolute atomic E-state index is 0.339. The largest absolute Gasteiger partial charge is 0.496 e. The number of rotatable bonds is 10. The van der Waals surface area contributed by atoms with Crippen molar-refractivity contribution in [1.29, 1.82) is 0 Å². The van der Waals surface area contributed by atoms with E-state index in [4.69, 9.17) is 18.9 Å². The van der Waals surface area contributed by atoms with Crippen molar-refractivity contribution in [3.63, 3.8) is 0 Å². The molecule has 2 aromatic rings. The van der Waals surface area contributed by atoms with E-state index >= 15 is 0 Å². The Hall–Kier alpha value is -2.96. The van der Waals surface area contributed by atoms with E-state index < -0.39 is 6.48 Å². The Morgan fingerprint density at radius 2 is 1.70 bits per heavy atom. The monoisotopic (exact) mass is 414 g/mol. The summed E-state index contributed by atoms with van der Waals surface area (Å²) in [4.78, 5) is 11.9. The van der Waals surface area contributed by atoms with Gasteiger partial charge in [0, 0.05) is 31.4 Å². The van der Waals surface area contributed by atoms with Crippen molar-refractivity contribution >= 4 is 17.9 Å². The molecule has 0 amide bonds. The number of aldehydes is 1. The summed E-state index contributed by atoms with van der Waals surface area (Å²) in [5, 5.41) is 0. The van der Waals surface area contributed by atoms with Crippen LogP contribution < -0.4 is 9.47 Å². The number of ether oxygens (including phenoxy) is 4. The summed E-state index contributed by atoms with van der Waals surface area (Å²) in [5.41, 5.74) is 3.68. The minimum atomic E-state index is -0.883. The van der Waals surface area contributed by atoms with Crippen molar-refractivity contribution in [2.75, 3.05) is 21.3 Å². The summed E-state index contributed by atoms with van der Waals surface area (Å²) in [7, 11) is 4.47. The highest BCUT2D eigenvalue weighted by Gasteiger charge is 2.17. The van der Waals surface area contributed by atoms with Crippen LogP contribution in [-0.4, -0.2) is 34.1 Å². The van der Waals surface area contributed by atoms with Gasteiger partial charge in [0.25, 0.3) is 0 Å². The lowest BCUT2D eigenvalue weighted by Gasteiger charge is -2.20. The predicted octanol–water partition coefficient (Wildman–Crippen LogP) is 5.04. The van der Waals surface area contributed by atoms with E-state index in [9.17, 15) is 9.18 Å². The van der Waals surface area contributed by atoms with E-state index in [1.54, 1.807) is 24.3 Å². The summed E-state index contributed by atoms with van der Waals surface area (Å²) in [6.07, 6.45) is 5.07. The average molecular weight is 414 g/mol. The van der Waals surface area contributed by atoms with Gasteiger partial charge in [-0.3, -0.25) is 4.79 Å². The van der Waals surface area contributed by atoms with Crippen LogP contribution in [0.5, 0.6) is 11.5 Å². The molecule has 30 heavy (non-hydrogen) atoms. The smallest absolute Gasteiger partial charge is 0.315 e. The van der Waals surface area contributed by atoms with Crippen LogP contribution >= 0.6 is 0 Å². The molecule has 0 radical (unpaired) electrons. The summed E-state index contributed by atoms with van der Waals surface area (Å²) >= 11 is 0. The van der Waals surface area contributed by atoms with E-state index in [-0.39, 0.29) is 5.82 Å². The van der Waals surface area contributed by atoms with Crippen molar-refractivity contribution in [3.05, 3.63) is 70.6 Å². The molecule has 0 aliphatic carbocycles. The van der Waals surface area contributed by atoms with Gasteiger partial charge in [0.05, 0.1) is 7.11 Å². The molecule has 0 unspecified atom stereocenters. The molecule has 2 aromatic carbocycles. The third kappa shape index (κ3) is 6.27. The lowest BCUT2D eigenvalue weighted by atomic mass is 9.98. The molecule has 0 aromatic heterocycles. The Bertz CT molecular complexity index is 908. The van der Waals surface area contributed by atoms with Gasteiger partial charge >= 0.3 is 6.48 Å². The number of carbonyl (C=O) groups is 1. The maximum Gasteiger partial charge on any atom is 0.315 e. The predicted molar refractivity (Wildman–Crippen MR) is 115 cm³/mol. The Balaban J connectivity index is 2.58. The van der Waals surface area contributed by atoms with E-state index in [0.29, 0.717) is 34.6 Å². The van der Waals surface area contributed by atoms with E-state index in [1.165, 1.54) is 33.5 Å². The standard InChI is InChI=1S/C24H27FO5/c1-16(2)6-9-18-13-21(19(15-26)12-17-7-10-20(25)11-8-17)23(27-3)14-22(18)30-24(28-4)29-5/h6-8,10-15,24H,9H2,1-5H3/b19-12-. The maximum atomic E-state index is 13.2. The zero-order chi connectivity index (χ0) is 22.1. The SMILES string of the molecule is COc1cc(OC(OC)OC)c(CC=C(C)C)cc1/C(C=O)=C\c1ccc(F)cc1.